The van der Waals surface area contributed by atoms with Gasteiger partial charge in [-0.2, -0.15) is 4.31 Å². The number of benzene rings is 1. The van der Waals surface area contributed by atoms with Crippen LogP contribution in [0, 0.1) is 5.92 Å². The number of nitrogens with one attached hydrogen (secondary N) is 1. The van der Waals surface area contributed by atoms with Crippen molar-refractivity contribution in [2.75, 3.05) is 19.6 Å². The smallest absolute Gasteiger partial charge is 0.249 e. The van der Waals surface area contributed by atoms with E-state index in [2.05, 4.69) is 12.2 Å². The van der Waals surface area contributed by atoms with Gasteiger partial charge in [-0.15, -0.1) is 0 Å². The molecule has 1 amide bonds. The molecule has 4 rings (SSSR count). The van der Waals surface area contributed by atoms with Gasteiger partial charge in [0.1, 0.15) is 6.10 Å². The maximum atomic E-state index is 12.9. The van der Waals surface area contributed by atoms with E-state index in [9.17, 15) is 13.2 Å². The molecule has 2 saturated heterocycles. The van der Waals surface area contributed by atoms with Crippen molar-refractivity contribution >= 4 is 15.9 Å². The number of piperidine rings is 1. The summed E-state index contributed by atoms with van der Waals surface area (Å²) in [6, 6.07) is 7.15. The molecule has 154 valence electrons. The Morgan fingerprint density at radius 2 is 1.82 bits per heavy atom. The summed E-state index contributed by atoms with van der Waals surface area (Å²) >= 11 is 0. The van der Waals surface area contributed by atoms with Crippen molar-refractivity contribution < 1.29 is 17.9 Å². The average Bonchev–Trinajstić information content (AvgIpc) is 3.46. The molecule has 7 heteroatoms. The molecule has 28 heavy (non-hydrogen) atoms. The van der Waals surface area contributed by atoms with Crippen LogP contribution < -0.4 is 5.32 Å². The van der Waals surface area contributed by atoms with Crippen LogP contribution in [0.3, 0.4) is 0 Å². The normalized spacial score (nSPS) is 25.1. The summed E-state index contributed by atoms with van der Waals surface area (Å²) in [7, 11) is -3.48. The predicted octanol–water partition coefficient (Wildman–Crippen LogP) is 2.48. The minimum absolute atomic E-state index is 0.00478. The van der Waals surface area contributed by atoms with Crippen molar-refractivity contribution in [2.24, 2.45) is 5.92 Å². The van der Waals surface area contributed by atoms with Crippen LogP contribution in [0.25, 0.3) is 0 Å². The number of amides is 1. The fraction of sp³-hybridized carbons (Fsp3) is 0.667. The van der Waals surface area contributed by atoms with Gasteiger partial charge in [0.05, 0.1) is 10.5 Å². The fourth-order valence-electron chi connectivity index (χ4n) is 4.23. The third-order valence-corrected chi connectivity index (χ3v) is 8.32. The zero-order valence-corrected chi connectivity index (χ0v) is 17.3. The first-order valence-corrected chi connectivity index (χ1v) is 11.9. The van der Waals surface area contributed by atoms with Crippen molar-refractivity contribution in [3.8, 4) is 0 Å². The second kappa shape index (κ2) is 7.76. The number of carbonyl (C=O) groups is 1. The van der Waals surface area contributed by atoms with Crippen molar-refractivity contribution in [3.63, 3.8) is 0 Å². The Labute approximate surface area is 167 Å². The van der Waals surface area contributed by atoms with E-state index in [4.69, 9.17) is 4.74 Å². The summed E-state index contributed by atoms with van der Waals surface area (Å²) in [5.41, 5.74) is 0.779. The Hall–Kier alpha value is -1.44. The second-order valence-corrected chi connectivity index (χ2v) is 10.4. The topological polar surface area (TPSA) is 75.7 Å². The van der Waals surface area contributed by atoms with Gasteiger partial charge in [-0.1, -0.05) is 19.1 Å². The highest BCUT2D eigenvalue weighted by Gasteiger charge is 2.46. The number of carbonyl (C=O) groups excluding carboxylic acids is 1. The summed E-state index contributed by atoms with van der Waals surface area (Å²) in [5, 5.41) is 3.00. The Morgan fingerprint density at radius 3 is 2.43 bits per heavy atom. The van der Waals surface area contributed by atoms with Crippen molar-refractivity contribution in [1.82, 2.24) is 9.62 Å². The quantitative estimate of drug-likeness (QED) is 0.788. The van der Waals surface area contributed by atoms with Gasteiger partial charge in [0.25, 0.3) is 0 Å². The Bertz CT molecular complexity index is 809. The van der Waals surface area contributed by atoms with E-state index < -0.39 is 10.0 Å². The van der Waals surface area contributed by atoms with E-state index >= 15 is 0 Å². The van der Waals surface area contributed by atoms with E-state index in [-0.39, 0.29) is 17.6 Å². The number of ether oxygens (including phenoxy) is 1. The lowest BCUT2D eigenvalue weighted by atomic mass is 9.89. The van der Waals surface area contributed by atoms with Crippen LogP contribution in [0.15, 0.2) is 29.2 Å². The molecule has 0 aromatic heterocycles. The molecule has 0 bridgehead atoms. The molecule has 1 aliphatic carbocycles. The highest BCUT2D eigenvalue weighted by Crippen LogP contribution is 2.40. The van der Waals surface area contributed by atoms with E-state index in [1.54, 1.807) is 16.4 Å². The summed E-state index contributed by atoms with van der Waals surface area (Å²) in [6.07, 6.45) is 5.76. The summed E-state index contributed by atoms with van der Waals surface area (Å²) < 4.78 is 33.6. The van der Waals surface area contributed by atoms with Gasteiger partial charge >= 0.3 is 0 Å². The van der Waals surface area contributed by atoms with Crippen molar-refractivity contribution in [2.45, 2.75) is 68.5 Å². The molecule has 3 aliphatic rings. The van der Waals surface area contributed by atoms with Crippen molar-refractivity contribution in [1.29, 1.82) is 0 Å². The van der Waals surface area contributed by atoms with Gasteiger partial charge < -0.3 is 10.1 Å². The first-order chi connectivity index (χ1) is 13.4. The monoisotopic (exact) mass is 406 g/mol. The van der Waals surface area contributed by atoms with Crippen molar-refractivity contribution in [3.05, 3.63) is 29.8 Å². The van der Waals surface area contributed by atoms with Crippen LogP contribution in [0.1, 0.15) is 51.0 Å². The molecule has 0 radical (unpaired) electrons. The molecule has 1 spiro atoms. The van der Waals surface area contributed by atoms with E-state index in [1.807, 2.05) is 12.1 Å². The van der Waals surface area contributed by atoms with Crippen LogP contribution in [-0.4, -0.2) is 50.0 Å². The van der Waals surface area contributed by atoms with Gasteiger partial charge in [0.2, 0.25) is 15.9 Å². The minimum Gasteiger partial charge on any atom is -0.362 e. The molecule has 3 fully saturated rings. The number of rotatable bonds is 6. The molecule has 1 saturated carbocycles. The maximum Gasteiger partial charge on any atom is 0.249 e. The van der Waals surface area contributed by atoms with E-state index in [0.29, 0.717) is 36.7 Å². The molecular weight excluding hydrogens is 376 g/mol. The molecule has 0 unspecified atom stereocenters. The van der Waals surface area contributed by atoms with Gasteiger partial charge in [0, 0.05) is 19.6 Å². The van der Waals surface area contributed by atoms with Gasteiger partial charge in [-0.3, -0.25) is 4.79 Å². The number of hydrogen-bond acceptors (Lipinski definition) is 4. The van der Waals surface area contributed by atoms with Crippen LogP contribution in [0.4, 0.5) is 0 Å². The molecule has 1 atom stereocenters. The zero-order chi connectivity index (χ0) is 19.8. The first kappa shape index (κ1) is 19.9. The largest absolute Gasteiger partial charge is 0.362 e. The Kier molecular flexibility index (Phi) is 5.51. The van der Waals surface area contributed by atoms with E-state index in [0.717, 1.165) is 31.4 Å². The van der Waals surface area contributed by atoms with Crippen LogP contribution in [0.2, 0.25) is 0 Å². The molecule has 1 aromatic rings. The number of nitrogens with zero attached hydrogens (tertiary/aromatic N) is 1. The zero-order valence-electron chi connectivity index (χ0n) is 16.5. The lowest BCUT2D eigenvalue weighted by Crippen LogP contribution is -2.47. The minimum atomic E-state index is -3.48. The lowest BCUT2D eigenvalue weighted by molar-refractivity contribution is -0.139. The third-order valence-electron chi connectivity index (χ3n) is 6.41. The average molecular weight is 407 g/mol. The molecule has 2 heterocycles. The second-order valence-electron chi connectivity index (χ2n) is 8.42. The number of aryl methyl sites for hydroxylation is 1. The maximum absolute atomic E-state index is 12.9. The van der Waals surface area contributed by atoms with Gasteiger partial charge in [-0.25, -0.2) is 8.42 Å². The molecule has 2 aliphatic heterocycles. The highest BCUT2D eigenvalue weighted by molar-refractivity contribution is 7.89. The van der Waals surface area contributed by atoms with Crippen LogP contribution in [-0.2, 0) is 26.0 Å². The number of hydrogen-bond donors (Lipinski definition) is 1. The van der Waals surface area contributed by atoms with Gasteiger partial charge in [-0.05, 0) is 68.6 Å². The molecular formula is C21H30N2O4S. The molecule has 6 nitrogen and oxygen atoms in total. The molecule has 1 aromatic carbocycles. The highest BCUT2D eigenvalue weighted by atomic mass is 32.2. The van der Waals surface area contributed by atoms with Crippen LogP contribution >= 0.6 is 0 Å². The van der Waals surface area contributed by atoms with Gasteiger partial charge in [0.15, 0.2) is 0 Å². The molecule has 1 N–H and O–H groups in total. The lowest BCUT2D eigenvalue weighted by Gasteiger charge is -2.38. The Balaban J connectivity index is 1.34. The van der Waals surface area contributed by atoms with E-state index in [1.165, 1.54) is 12.8 Å². The fourth-order valence-corrected chi connectivity index (χ4v) is 5.67. The predicted molar refractivity (Wildman–Crippen MR) is 106 cm³/mol. The summed E-state index contributed by atoms with van der Waals surface area (Å²) in [5.74, 6) is 0.647. The van der Waals surface area contributed by atoms with Crippen LogP contribution in [0.5, 0.6) is 0 Å². The first-order valence-electron chi connectivity index (χ1n) is 10.5. The standard InChI is InChI=1S/C21H30N2O4S/c1-2-16-5-7-18(8-6-16)28(25,26)23-13-11-21(12-14-23)10-9-19(27-21)20(24)22-15-17-3-4-17/h5-8,17,19H,2-4,9-15H2,1H3,(H,22,24)/t19-/m0/s1. The summed E-state index contributed by atoms with van der Waals surface area (Å²) in [4.78, 5) is 12.7. The number of sulfonamides is 1. The summed E-state index contributed by atoms with van der Waals surface area (Å²) in [6.45, 7) is 3.69. The SMILES string of the molecule is CCc1ccc(S(=O)(=O)N2CCC3(CC[C@@H](C(=O)NCC4CC4)O3)CC2)cc1. The Morgan fingerprint density at radius 1 is 1.14 bits per heavy atom. The third kappa shape index (κ3) is 4.11.